The fourth-order valence-corrected chi connectivity index (χ4v) is 4.50. The zero-order valence-corrected chi connectivity index (χ0v) is 18.2. The van der Waals surface area contributed by atoms with Crippen molar-refractivity contribution in [2.45, 2.75) is 71.1 Å². The highest BCUT2D eigenvalue weighted by molar-refractivity contribution is 6.01. The van der Waals surface area contributed by atoms with Crippen LogP contribution in [0, 0.1) is 6.92 Å². The minimum Gasteiger partial charge on any atom is -0.465 e. The highest BCUT2D eigenvalue weighted by Crippen LogP contribution is 2.28. The average Bonchev–Trinajstić information content (AvgIpc) is 3.47. The summed E-state index contributed by atoms with van der Waals surface area (Å²) in [5.74, 6) is 0.534. The molecule has 0 spiro atoms. The molecule has 3 amide bonds. The van der Waals surface area contributed by atoms with Crippen molar-refractivity contribution in [3.05, 3.63) is 41.1 Å². The van der Waals surface area contributed by atoms with Crippen LogP contribution in [0.5, 0.6) is 0 Å². The van der Waals surface area contributed by atoms with Gasteiger partial charge in [0.2, 0.25) is 5.91 Å². The molecule has 9 nitrogen and oxygen atoms in total. The molecule has 3 heterocycles. The van der Waals surface area contributed by atoms with Crippen molar-refractivity contribution >= 4 is 17.7 Å². The second kappa shape index (κ2) is 8.20. The first-order valence-corrected chi connectivity index (χ1v) is 10.9. The van der Waals surface area contributed by atoms with Crippen LogP contribution in [0.2, 0.25) is 0 Å². The summed E-state index contributed by atoms with van der Waals surface area (Å²) < 4.78 is 6.94. The number of nitrogens with zero attached hydrogens (tertiary/aromatic N) is 3. The lowest BCUT2D eigenvalue weighted by Gasteiger charge is -2.43. The van der Waals surface area contributed by atoms with Crippen molar-refractivity contribution in [2.24, 2.45) is 0 Å². The van der Waals surface area contributed by atoms with E-state index in [1.54, 1.807) is 17.9 Å². The predicted octanol–water partition coefficient (Wildman–Crippen LogP) is 2.01. The van der Waals surface area contributed by atoms with Gasteiger partial charge in [0.1, 0.15) is 22.8 Å². The van der Waals surface area contributed by atoms with Crippen molar-refractivity contribution in [1.82, 2.24) is 25.3 Å². The topological polar surface area (TPSA) is 109 Å². The summed E-state index contributed by atoms with van der Waals surface area (Å²) in [7, 11) is 0. The largest absolute Gasteiger partial charge is 0.465 e. The Labute approximate surface area is 181 Å². The maximum absolute atomic E-state index is 13.2. The maximum Gasteiger partial charge on any atom is 0.273 e. The Hall–Kier alpha value is -3.10. The normalized spacial score (nSPS) is 21.3. The molecule has 2 aromatic heterocycles. The summed E-state index contributed by atoms with van der Waals surface area (Å²) in [4.78, 5) is 40.5. The van der Waals surface area contributed by atoms with Crippen LogP contribution in [-0.2, 0) is 17.9 Å². The first-order chi connectivity index (χ1) is 14.8. The molecular formula is C22H29N5O4. The number of carbonyl (C=O) groups is 3. The zero-order valence-electron chi connectivity index (χ0n) is 18.2. The molecule has 4 rings (SSSR count). The van der Waals surface area contributed by atoms with Crippen LogP contribution in [0.25, 0.3) is 0 Å². The van der Waals surface area contributed by atoms with Crippen LogP contribution >= 0.6 is 0 Å². The van der Waals surface area contributed by atoms with Crippen molar-refractivity contribution in [3.63, 3.8) is 0 Å². The number of fused-ring (bicyclic) bond motifs is 1. The molecule has 0 bridgehead atoms. The molecule has 2 N–H and O–H groups in total. The van der Waals surface area contributed by atoms with Crippen molar-refractivity contribution in [1.29, 1.82) is 0 Å². The van der Waals surface area contributed by atoms with Crippen molar-refractivity contribution < 1.29 is 18.8 Å². The summed E-state index contributed by atoms with van der Waals surface area (Å²) in [5, 5.41) is 10.2. The Kier molecular flexibility index (Phi) is 5.60. The van der Waals surface area contributed by atoms with Crippen LogP contribution in [0.1, 0.15) is 72.0 Å². The van der Waals surface area contributed by atoms with Gasteiger partial charge in [0.05, 0.1) is 13.1 Å². The third-order valence-corrected chi connectivity index (χ3v) is 6.25. The molecule has 1 aliphatic heterocycles. The monoisotopic (exact) mass is 427 g/mol. The lowest BCUT2D eigenvalue weighted by Crippen LogP contribution is -2.64. The van der Waals surface area contributed by atoms with Crippen LogP contribution in [0.3, 0.4) is 0 Å². The van der Waals surface area contributed by atoms with Gasteiger partial charge in [0.25, 0.3) is 11.8 Å². The molecule has 1 aliphatic carbocycles. The predicted molar refractivity (Wildman–Crippen MR) is 112 cm³/mol. The zero-order chi connectivity index (χ0) is 22.2. The van der Waals surface area contributed by atoms with Crippen LogP contribution < -0.4 is 10.6 Å². The molecule has 0 unspecified atom stereocenters. The number of nitrogens with one attached hydrogen (secondary N) is 2. The molecule has 1 fully saturated rings. The van der Waals surface area contributed by atoms with E-state index in [2.05, 4.69) is 15.7 Å². The third kappa shape index (κ3) is 3.96. The number of rotatable bonds is 6. The lowest BCUT2D eigenvalue weighted by molar-refractivity contribution is -0.133. The van der Waals surface area contributed by atoms with Gasteiger partial charge in [-0.15, -0.1) is 0 Å². The number of aromatic nitrogens is 2. The summed E-state index contributed by atoms with van der Waals surface area (Å²) in [6.45, 7) is 6.26. The van der Waals surface area contributed by atoms with Gasteiger partial charge in [-0.2, -0.15) is 5.10 Å². The van der Waals surface area contributed by atoms with E-state index in [1.807, 2.05) is 19.9 Å². The number of likely N-dealkylation sites (N-methyl/N-ethyl adjacent to an activating group) is 1. The number of hydrogen-bond acceptors (Lipinski definition) is 5. The maximum atomic E-state index is 13.2. The molecule has 9 heteroatoms. The van der Waals surface area contributed by atoms with Gasteiger partial charge in [0, 0.05) is 18.7 Å². The highest BCUT2D eigenvalue weighted by Gasteiger charge is 2.48. The molecule has 2 aromatic rings. The molecule has 1 saturated carbocycles. The Balaban J connectivity index is 1.52. The average molecular weight is 428 g/mol. The number of amides is 3. The first kappa shape index (κ1) is 21.1. The Morgan fingerprint density at radius 3 is 2.68 bits per heavy atom. The van der Waals surface area contributed by atoms with E-state index in [-0.39, 0.29) is 36.6 Å². The van der Waals surface area contributed by atoms with Gasteiger partial charge in [-0.1, -0.05) is 12.8 Å². The van der Waals surface area contributed by atoms with E-state index in [0.717, 1.165) is 31.4 Å². The summed E-state index contributed by atoms with van der Waals surface area (Å²) in [6, 6.07) is 5.27. The van der Waals surface area contributed by atoms with Crippen molar-refractivity contribution in [2.75, 3.05) is 6.54 Å². The molecule has 0 aromatic carbocycles. The Morgan fingerprint density at radius 2 is 2.03 bits per heavy atom. The standard InChI is InChI=1S/C22H29N5O4/c1-4-26-20(29)18-11-17(19(28)23-12-16-10-9-14(2)31-16)25-27(18)13-22(26,3)21(30)24-15-7-5-6-8-15/h9-11,15H,4-8,12-13H2,1-3H3,(H,23,28)(H,24,30)/t22-/m0/s1. The second-order valence-electron chi connectivity index (χ2n) is 8.55. The van der Waals surface area contributed by atoms with E-state index >= 15 is 0 Å². The van der Waals surface area contributed by atoms with Crippen LogP contribution in [0.15, 0.2) is 22.6 Å². The fourth-order valence-electron chi connectivity index (χ4n) is 4.50. The Bertz CT molecular complexity index is 1000. The number of furan rings is 1. The second-order valence-corrected chi connectivity index (χ2v) is 8.55. The minimum atomic E-state index is -1.06. The number of aryl methyl sites for hydroxylation is 1. The molecule has 31 heavy (non-hydrogen) atoms. The molecule has 1 atom stereocenters. The van der Waals surface area contributed by atoms with Gasteiger partial charge >= 0.3 is 0 Å². The first-order valence-electron chi connectivity index (χ1n) is 10.9. The van der Waals surface area contributed by atoms with E-state index in [4.69, 9.17) is 4.42 Å². The summed E-state index contributed by atoms with van der Waals surface area (Å²) in [6.07, 6.45) is 4.15. The van der Waals surface area contributed by atoms with Crippen LogP contribution in [-0.4, -0.2) is 50.5 Å². The number of hydrogen-bond donors (Lipinski definition) is 2. The van der Waals surface area contributed by atoms with E-state index in [0.29, 0.717) is 18.0 Å². The summed E-state index contributed by atoms with van der Waals surface area (Å²) >= 11 is 0. The molecule has 0 radical (unpaired) electrons. The smallest absolute Gasteiger partial charge is 0.273 e. The highest BCUT2D eigenvalue weighted by atomic mass is 16.3. The summed E-state index contributed by atoms with van der Waals surface area (Å²) in [5.41, 5.74) is -0.609. The fraction of sp³-hybridized carbons (Fsp3) is 0.545. The van der Waals surface area contributed by atoms with Crippen LogP contribution in [0.4, 0.5) is 0 Å². The lowest BCUT2D eigenvalue weighted by atomic mass is 9.94. The Morgan fingerprint density at radius 1 is 1.29 bits per heavy atom. The molecule has 2 aliphatic rings. The van der Waals surface area contributed by atoms with Gasteiger partial charge in [0.15, 0.2) is 5.69 Å². The van der Waals surface area contributed by atoms with E-state index in [9.17, 15) is 14.4 Å². The van der Waals surface area contributed by atoms with E-state index < -0.39 is 11.4 Å². The van der Waals surface area contributed by atoms with Gasteiger partial charge in [-0.3, -0.25) is 19.1 Å². The minimum absolute atomic E-state index is 0.142. The quantitative estimate of drug-likeness (QED) is 0.733. The molecule has 166 valence electrons. The third-order valence-electron chi connectivity index (χ3n) is 6.25. The van der Waals surface area contributed by atoms with Crippen molar-refractivity contribution in [3.8, 4) is 0 Å². The molecule has 0 saturated heterocycles. The molecular weight excluding hydrogens is 398 g/mol. The SMILES string of the molecule is CCN1C(=O)c2cc(C(=O)NCc3ccc(C)o3)nn2C[C@@]1(C)C(=O)NC1CCCC1. The van der Waals surface area contributed by atoms with Gasteiger partial charge in [-0.05, 0) is 45.7 Å². The van der Waals surface area contributed by atoms with Gasteiger partial charge in [-0.25, -0.2) is 0 Å². The van der Waals surface area contributed by atoms with E-state index in [1.165, 1.54) is 10.7 Å². The number of carbonyl (C=O) groups excluding carboxylic acids is 3. The van der Waals surface area contributed by atoms with Gasteiger partial charge < -0.3 is 20.0 Å².